The van der Waals surface area contributed by atoms with Crippen LogP contribution in [0, 0.1) is 0 Å². The number of halogens is 2. The smallest absolute Gasteiger partial charge is 0.323 e. The Morgan fingerprint density at radius 1 is 1.21 bits per heavy atom. The summed E-state index contributed by atoms with van der Waals surface area (Å²) < 4.78 is 45.4. The number of aromatic nitrogens is 1. The summed E-state index contributed by atoms with van der Waals surface area (Å²) in [6.07, 6.45) is -0.766. The molecule has 1 unspecified atom stereocenters. The fourth-order valence-corrected chi connectivity index (χ4v) is 7.09. The molecule has 1 N–H and O–H groups in total. The van der Waals surface area contributed by atoms with Gasteiger partial charge in [0.05, 0.1) is 32.9 Å². The summed E-state index contributed by atoms with van der Waals surface area (Å²) in [5.41, 5.74) is 2.51. The fraction of sp³-hybridized carbons (Fsp3) is 0.188. The van der Waals surface area contributed by atoms with E-state index in [9.17, 15) is 17.9 Å². The highest BCUT2D eigenvalue weighted by Gasteiger charge is 2.33. The second-order valence-electron chi connectivity index (χ2n) is 5.66. The van der Waals surface area contributed by atoms with Gasteiger partial charge in [0.25, 0.3) is 10.0 Å². The number of thiazole rings is 1. The quantitative estimate of drug-likeness (QED) is 0.479. The highest BCUT2D eigenvalue weighted by Crippen LogP contribution is 2.45. The minimum Gasteiger partial charge on any atom is -0.323 e. The van der Waals surface area contributed by atoms with Crippen LogP contribution in [0.5, 0.6) is 0 Å². The molecular weight excluding hydrogens is 466 g/mol. The normalized spacial score (nSPS) is 14.1. The van der Waals surface area contributed by atoms with E-state index < -0.39 is 23.9 Å². The molecule has 0 aliphatic rings. The number of anilines is 1. The summed E-state index contributed by atoms with van der Waals surface area (Å²) in [5, 5.41) is 0.252. The third kappa shape index (κ3) is 4.68. The van der Waals surface area contributed by atoms with Crippen LogP contribution in [0.3, 0.4) is 0 Å². The van der Waals surface area contributed by atoms with Gasteiger partial charge in [0.2, 0.25) is 0 Å². The standard InChI is InChI=1S/C16H15Cl2N2O5PS2/c1-2-25-26(21,22)10-20(13-3-4-15-16(8-13)27-9-19-15)28(23,24)14-6-11(17)5-12(18)7-14/h3-9H,2,10H2,1H3,(H,21,22). The molecule has 28 heavy (non-hydrogen) atoms. The molecule has 0 amide bonds. The van der Waals surface area contributed by atoms with Crippen molar-refractivity contribution >= 4 is 68.1 Å². The van der Waals surface area contributed by atoms with E-state index >= 15 is 0 Å². The van der Waals surface area contributed by atoms with Crippen LogP contribution in [0.25, 0.3) is 10.2 Å². The first-order valence-electron chi connectivity index (χ1n) is 7.91. The van der Waals surface area contributed by atoms with E-state index in [0.717, 1.165) is 9.01 Å². The fourth-order valence-electron chi connectivity index (χ4n) is 2.50. The molecule has 3 rings (SSSR count). The van der Waals surface area contributed by atoms with Gasteiger partial charge in [-0.1, -0.05) is 23.2 Å². The maximum absolute atomic E-state index is 13.3. The number of hydrogen-bond acceptors (Lipinski definition) is 6. The second-order valence-corrected chi connectivity index (χ2v) is 11.1. The van der Waals surface area contributed by atoms with Crippen molar-refractivity contribution in [1.82, 2.24) is 4.98 Å². The van der Waals surface area contributed by atoms with E-state index in [-0.39, 0.29) is 27.2 Å². The van der Waals surface area contributed by atoms with Gasteiger partial charge in [0, 0.05) is 10.0 Å². The van der Waals surface area contributed by atoms with Crippen LogP contribution in [0.4, 0.5) is 5.69 Å². The Bertz CT molecular complexity index is 1150. The van der Waals surface area contributed by atoms with Crippen molar-refractivity contribution < 1.29 is 22.4 Å². The van der Waals surface area contributed by atoms with Crippen LogP contribution >= 0.6 is 42.1 Å². The molecule has 0 bridgehead atoms. The van der Waals surface area contributed by atoms with Crippen LogP contribution in [-0.2, 0) is 19.1 Å². The van der Waals surface area contributed by atoms with Crippen LogP contribution < -0.4 is 4.31 Å². The second kappa shape index (κ2) is 8.28. The number of benzene rings is 2. The average molecular weight is 481 g/mol. The van der Waals surface area contributed by atoms with Gasteiger partial charge in [-0.15, -0.1) is 11.3 Å². The Hall–Kier alpha value is -1.19. The summed E-state index contributed by atoms with van der Waals surface area (Å²) in [6.45, 7) is 1.50. The van der Waals surface area contributed by atoms with Gasteiger partial charge in [-0.25, -0.2) is 13.4 Å². The zero-order valence-electron chi connectivity index (χ0n) is 14.4. The summed E-state index contributed by atoms with van der Waals surface area (Å²) >= 11 is 13.2. The Balaban J connectivity index is 2.15. The summed E-state index contributed by atoms with van der Waals surface area (Å²) in [4.78, 5) is 14.1. The van der Waals surface area contributed by atoms with Gasteiger partial charge in [0.1, 0.15) is 6.29 Å². The minimum atomic E-state index is -4.27. The highest BCUT2D eigenvalue weighted by molar-refractivity contribution is 7.93. The van der Waals surface area contributed by atoms with Crippen molar-refractivity contribution in [3.8, 4) is 0 Å². The lowest BCUT2D eigenvalue weighted by molar-refractivity contribution is 0.274. The first-order chi connectivity index (χ1) is 13.1. The van der Waals surface area contributed by atoms with Gasteiger partial charge in [-0.3, -0.25) is 8.87 Å². The zero-order chi connectivity index (χ0) is 20.5. The van der Waals surface area contributed by atoms with Crippen LogP contribution in [0.2, 0.25) is 10.0 Å². The summed E-state index contributed by atoms with van der Waals surface area (Å²) in [7, 11) is -8.50. The molecule has 2 aromatic carbocycles. The predicted octanol–water partition coefficient (Wildman–Crippen LogP) is 4.98. The SMILES string of the molecule is CCOP(=O)(O)CN(c1ccc2ncsc2c1)S(=O)(=O)c1cc(Cl)cc(Cl)c1. The van der Waals surface area contributed by atoms with Gasteiger partial charge < -0.3 is 9.42 Å². The largest absolute Gasteiger partial charge is 0.348 e. The van der Waals surface area contributed by atoms with Crippen LogP contribution in [-0.4, -0.2) is 31.2 Å². The molecule has 1 heterocycles. The van der Waals surface area contributed by atoms with Crippen molar-refractivity contribution in [2.75, 3.05) is 17.2 Å². The Morgan fingerprint density at radius 2 is 1.89 bits per heavy atom. The van der Waals surface area contributed by atoms with Gasteiger partial charge in [0.15, 0.2) is 0 Å². The molecular formula is C16H15Cl2N2O5PS2. The molecule has 0 aliphatic heterocycles. The molecule has 0 aliphatic carbocycles. The van der Waals surface area contributed by atoms with Crippen LogP contribution in [0.1, 0.15) is 6.92 Å². The maximum atomic E-state index is 13.3. The Morgan fingerprint density at radius 3 is 2.54 bits per heavy atom. The first-order valence-corrected chi connectivity index (χ1v) is 12.7. The predicted molar refractivity (Wildman–Crippen MR) is 112 cm³/mol. The summed E-state index contributed by atoms with van der Waals surface area (Å²) in [5.74, 6) is 0. The number of nitrogens with zero attached hydrogens (tertiary/aromatic N) is 2. The van der Waals surface area contributed by atoms with E-state index in [1.807, 2.05) is 0 Å². The van der Waals surface area contributed by atoms with E-state index in [1.165, 1.54) is 35.6 Å². The van der Waals surface area contributed by atoms with Crippen LogP contribution in [0.15, 0.2) is 46.8 Å². The molecule has 0 fully saturated rings. The van der Waals surface area contributed by atoms with Crippen molar-refractivity contribution in [3.05, 3.63) is 52.0 Å². The van der Waals surface area contributed by atoms with E-state index in [1.54, 1.807) is 24.6 Å². The number of rotatable bonds is 7. The van der Waals surface area contributed by atoms with Gasteiger partial charge in [-0.2, -0.15) is 0 Å². The lowest BCUT2D eigenvalue weighted by atomic mass is 10.3. The number of hydrogen-bond donors (Lipinski definition) is 1. The molecule has 7 nitrogen and oxygen atoms in total. The van der Waals surface area contributed by atoms with Crippen molar-refractivity contribution in [3.63, 3.8) is 0 Å². The molecule has 150 valence electrons. The molecule has 0 saturated heterocycles. The van der Waals surface area contributed by atoms with E-state index in [4.69, 9.17) is 27.7 Å². The zero-order valence-corrected chi connectivity index (χ0v) is 18.5. The Kier molecular flexibility index (Phi) is 6.36. The molecule has 1 aromatic heterocycles. The molecule has 3 aromatic rings. The Labute approximate surface area is 176 Å². The van der Waals surface area contributed by atoms with E-state index in [0.29, 0.717) is 5.52 Å². The maximum Gasteiger partial charge on any atom is 0.348 e. The van der Waals surface area contributed by atoms with Crippen molar-refractivity contribution in [2.45, 2.75) is 11.8 Å². The minimum absolute atomic E-state index is 0.0431. The molecule has 1 atom stereocenters. The first kappa shape index (κ1) is 21.5. The van der Waals surface area contributed by atoms with Crippen molar-refractivity contribution in [1.29, 1.82) is 0 Å². The number of fused-ring (bicyclic) bond motifs is 1. The lowest BCUT2D eigenvalue weighted by Gasteiger charge is -2.26. The monoisotopic (exact) mass is 480 g/mol. The van der Waals surface area contributed by atoms with Gasteiger partial charge >= 0.3 is 7.60 Å². The average Bonchev–Trinajstić information content (AvgIpc) is 3.06. The number of sulfonamides is 1. The third-order valence-electron chi connectivity index (χ3n) is 3.66. The topological polar surface area (TPSA) is 96.8 Å². The van der Waals surface area contributed by atoms with Crippen molar-refractivity contribution in [2.24, 2.45) is 0 Å². The lowest BCUT2D eigenvalue weighted by Crippen LogP contribution is -2.32. The molecule has 0 radical (unpaired) electrons. The van der Waals surface area contributed by atoms with Gasteiger partial charge in [-0.05, 0) is 43.3 Å². The highest BCUT2D eigenvalue weighted by atomic mass is 35.5. The molecule has 0 saturated carbocycles. The van der Waals surface area contributed by atoms with E-state index in [2.05, 4.69) is 4.98 Å². The molecule has 0 spiro atoms. The molecule has 12 heteroatoms. The third-order valence-corrected chi connectivity index (χ3v) is 8.14. The summed E-state index contributed by atoms with van der Waals surface area (Å²) in [6, 6.07) is 8.58.